The summed E-state index contributed by atoms with van der Waals surface area (Å²) < 4.78 is 10.1. The van der Waals surface area contributed by atoms with Gasteiger partial charge in [-0.2, -0.15) is 0 Å². The summed E-state index contributed by atoms with van der Waals surface area (Å²) in [5.74, 6) is 0.107. The Morgan fingerprint density at radius 2 is 1.80 bits per heavy atom. The second kappa shape index (κ2) is 8.64. The van der Waals surface area contributed by atoms with Crippen LogP contribution in [0.3, 0.4) is 0 Å². The Morgan fingerprint density at radius 3 is 2.33 bits per heavy atom. The number of ether oxygens (including phenoxy) is 2. The molecule has 1 amide bonds. The highest BCUT2D eigenvalue weighted by Gasteiger charge is 2.08. The highest BCUT2D eigenvalue weighted by molar-refractivity contribution is 5.77. The average molecular weight is 218 g/mol. The van der Waals surface area contributed by atoms with E-state index in [1.807, 2.05) is 19.0 Å². The van der Waals surface area contributed by atoms with E-state index in [0.717, 1.165) is 0 Å². The number of amides is 1. The van der Waals surface area contributed by atoms with Gasteiger partial charge in [-0.1, -0.05) is 0 Å². The number of carbonyl (C=O) groups excluding carboxylic acids is 1. The first-order chi connectivity index (χ1) is 7.07. The Labute approximate surface area is 91.9 Å². The van der Waals surface area contributed by atoms with Crippen molar-refractivity contribution in [3.63, 3.8) is 0 Å². The quantitative estimate of drug-likeness (QED) is 0.523. The van der Waals surface area contributed by atoms with Crippen molar-refractivity contribution in [1.82, 2.24) is 9.80 Å². The lowest BCUT2D eigenvalue weighted by atomic mass is 10.4. The first-order valence-corrected chi connectivity index (χ1v) is 5.03. The zero-order valence-corrected chi connectivity index (χ0v) is 10.2. The van der Waals surface area contributed by atoms with Crippen molar-refractivity contribution in [2.75, 3.05) is 61.2 Å². The lowest BCUT2D eigenvalue weighted by Gasteiger charge is -2.19. The van der Waals surface area contributed by atoms with Crippen LogP contribution in [0.4, 0.5) is 0 Å². The van der Waals surface area contributed by atoms with Crippen LogP contribution in [0.25, 0.3) is 0 Å². The van der Waals surface area contributed by atoms with Crippen molar-refractivity contribution in [3.05, 3.63) is 0 Å². The fourth-order valence-electron chi connectivity index (χ4n) is 0.962. The highest BCUT2D eigenvalue weighted by atomic mass is 16.5. The van der Waals surface area contributed by atoms with Crippen LogP contribution in [0.2, 0.25) is 0 Å². The van der Waals surface area contributed by atoms with Crippen LogP contribution in [0.15, 0.2) is 0 Å². The second-order valence-electron chi connectivity index (χ2n) is 3.66. The molecule has 5 heteroatoms. The first-order valence-electron chi connectivity index (χ1n) is 5.03. The van der Waals surface area contributed by atoms with Crippen LogP contribution >= 0.6 is 0 Å². The maximum absolute atomic E-state index is 11.5. The van der Waals surface area contributed by atoms with Crippen LogP contribution in [-0.2, 0) is 14.3 Å². The SMILES string of the molecule is COCCOCCN(C)C(=O)CN(C)C. The molecule has 15 heavy (non-hydrogen) atoms. The molecule has 0 aromatic heterocycles. The molecule has 0 bridgehead atoms. The summed E-state index contributed by atoms with van der Waals surface area (Å²) in [6.45, 7) is 2.78. The van der Waals surface area contributed by atoms with Gasteiger partial charge in [-0.15, -0.1) is 0 Å². The second-order valence-corrected chi connectivity index (χ2v) is 3.66. The number of hydrogen-bond acceptors (Lipinski definition) is 4. The molecule has 90 valence electrons. The maximum atomic E-state index is 11.5. The summed E-state index contributed by atoms with van der Waals surface area (Å²) in [4.78, 5) is 15.0. The van der Waals surface area contributed by atoms with Gasteiger partial charge in [0, 0.05) is 20.7 Å². The predicted octanol–water partition coefficient (Wildman–Crippen LogP) is -0.331. The van der Waals surface area contributed by atoms with Gasteiger partial charge in [0.15, 0.2) is 0 Å². The number of rotatable bonds is 8. The minimum Gasteiger partial charge on any atom is -0.382 e. The van der Waals surface area contributed by atoms with Gasteiger partial charge < -0.3 is 19.3 Å². The van der Waals surface area contributed by atoms with E-state index >= 15 is 0 Å². The molecule has 0 aromatic rings. The van der Waals surface area contributed by atoms with Crippen LogP contribution in [-0.4, -0.2) is 76.9 Å². The number of likely N-dealkylation sites (N-methyl/N-ethyl adjacent to an activating group) is 2. The van der Waals surface area contributed by atoms with Gasteiger partial charge in [-0.3, -0.25) is 4.79 Å². The maximum Gasteiger partial charge on any atom is 0.236 e. The van der Waals surface area contributed by atoms with E-state index in [1.165, 1.54) is 0 Å². The third-order valence-electron chi connectivity index (χ3n) is 1.88. The molecule has 0 aliphatic heterocycles. The van der Waals surface area contributed by atoms with Gasteiger partial charge in [-0.25, -0.2) is 0 Å². The third-order valence-corrected chi connectivity index (χ3v) is 1.88. The Hall–Kier alpha value is -0.650. The Kier molecular flexibility index (Phi) is 8.27. The van der Waals surface area contributed by atoms with E-state index in [4.69, 9.17) is 9.47 Å². The summed E-state index contributed by atoms with van der Waals surface area (Å²) in [6, 6.07) is 0. The molecular weight excluding hydrogens is 196 g/mol. The molecule has 0 saturated carbocycles. The van der Waals surface area contributed by atoms with Crippen molar-refractivity contribution in [3.8, 4) is 0 Å². The van der Waals surface area contributed by atoms with E-state index < -0.39 is 0 Å². The van der Waals surface area contributed by atoms with E-state index in [9.17, 15) is 4.79 Å². The molecule has 0 spiro atoms. The smallest absolute Gasteiger partial charge is 0.236 e. The minimum atomic E-state index is 0.107. The Balaban J connectivity index is 3.47. The van der Waals surface area contributed by atoms with Crippen LogP contribution in [0, 0.1) is 0 Å². The standard InChI is InChI=1S/C10H22N2O3/c1-11(2)9-10(13)12(3)5-6-15-8-7-14-4/h5-9H2,1-4H3. The summed E-state index contributed by atoms with van der Waals surface area (Å²) in [5, 5.41) is 0. The number of hydrogen-bond donors (Lipinski definition) is 0. The molecular formula is C10H22N2O3. The number of nitrogens with zero attached hydrogens (tertiary/aromatic N) is 2. The molecule has 0 aliphatic rings. The lowest BCUT2D eigenvalue weighted by Crippen LogP contribution is -2.37. The molecule has 0 N–H and O–H groups in total. The summed E-state index contributed by atoms with van der Waals surface area (Å²) in [6.07, 6.45) is 0. The molecule has 0 unspecified atom stereocenters. The van der Waals surface area contributed by atoms with Gasteiger partial charge in [0.25, 0.3) is 0 Å². The van der Waals surface area contributed by atoms with E-state index in [0.29, 0.717) is 32.9 Å². The van der Waals surface area contributed by atoms with Crippen molar-refractivity contribution >= 4 is 5.91 Å². The molecule has 0 aromatic carbocycles. The summed E-state index contributed by atoms with van der Waals surface area (Å²) in [7, 11) is 7.17. The largest absolute Gasteiger partial charge is 0.382 e. The van der Waals surface area contributed by atoms with Gasteiger partial charge in [0.2, 0.25) is 5.91 Å². The van der Waals surface area contributed by atoms with E-state index in [-0.39, 0.29) is 5.91 Å². The minimum absolute atomic E-state index is 0.107. The summed E-state index contributed by atoms with van der Waals surface area (Å²) in [5.41, 5.74) is 0. The lowest BCUT2D eigenvalue weighted by molar-refractivity contribution is -0.131. The molecule has 5 nitrogen and oxygen atoms in total. The summed E-state index contributed by atoms with van der Waals surface area (Å²) >= 11 is 0. The van der Waals surface area contributed by atoms with Crippen molar-refractivity contribution in [1.29, 1.82) is 0 Å². The van der Waals surface area contributed by atoms with Gasteiger partial charge >= 0.3 is 0 Å². The Bertz CT molecular complexity index is 174. The molecule has 0 rings (SSSR count). The third kappa shape index (κ3) is 8.35. The topological polar surface area (TPSA) is 42.0 Å². The van der Waals surface area contributed by atoms with Crippen LogP contribution < -0.4 is 0 Å². The average Bonchev–Trinajstić information content (AvgIpc) is 2.16. The van der Waals surface area contributed by atoms with Crippen molar-refractivity contribution in [2.24, 2.45) is 0 Å². The van der Waals surface area contributed by atoms with E-state index in [1.54, 1.807) is 19.1 Å². The van der Waals surface area contributed by atoms with Gasteiger partial charge in [0.05, 0.1) is 26.4 Å². The zero-order valence-electron chi connectivity index (χ0n) is 10.2. The van der Waals surface area contributed by atoms with Crippen LogP contribution in [0.1, 0.15) is 0 Å². The van der Waals surface area contributed by atoms with Gasteiger partial charge in [-0.05, 0) is 14.1 Å². The zero-order chi connectivity index (χ0) is 11.7. The highest BCUT2D eigenvalue weighted by Crippen LogP contribution is 1.88. The normalized spacial score (nSPS) is 10.7. The fourth-order valence-corrected chi connectivity index (χ4v) is 0.962. The monoisotopic (exact) mass is 218 g/mol. The van der Waals surface area contributed by atoms with Gasteiger partial charge in [0.1, 0.15) is 0 Å². The number of methoxy groups -OCH3 is 1. The molecule has 0 fully saturated rings. The van der Waals surface area contributed by atoms with Crippen molar-refractivity contribution < 1.29 is 14.3 Å². The Morgan fingerprint density at radius 1 is 1.13 bits per heavy atom. The molecule has 0 aliphatic carbocycles. The molecule has 0 heterocycles. The molecule has 0 radical (unpaired) electrons. The fraction of sp³-hybridized carbons (Fsp3) is 0.900. The first kappa shape index (κ1) is 14.3. The van der Waals surface area contributed by atoms with Crippen LogP contribution in [0.5, 0.6) is 0 Å². The van der Waals surface area contributed by atoms with Crippen molar-refractivity contribution in [2.45, 2.75) is 0 Å². The molecule has 0 atom stereocenters. The predicted molar refractivity (Wildman–Crippen MR) is 58.9 cm³/mol. The number of carbonyl (C=O) groups is 1. The molecule has 0 saturated heterocycles. The van der Waals surface area contributed by atoms with E-state index in [2.05, 4.69) is 0 Å².